The summed E-state index contributed by atoms with van der Waals surface area (Å²) in [7, 11) is 4.64. The Morgan fingerprint density at radius 3 is 2.24 bits per heavy atom. The minimum atomic E-state index is -0.281. The summed E-state index contributed by atoms with van der Waals surface area (Å²) in [6, 6.07) is 10.4. The van der Waals surface area contributed by atoms with Crippen LogP contribution in [0.5, 0.6) is 23.0 Å². The van der Waals surface area contributed by atoms with Crippen LogP contribution >= 0.6 is 11.6 Å². The van der Waals surface area contributed by atoms with Crippen LogP contribution in [0.4, 0.5) is 0 Å². The monoisotopic (exact) mass is 365 g/mol. The van der Waals surface area contributed by atoms with Gasteiger partial charge in [-0.05, 0) is 18.2 Å². The number of para-hydroxylation sites is 1. The largest absolute Gasteiger partial charge is 0.496 e. The third kappa shape index (κ3) is 4.93. The lowest BCUT2D eigenvalue weighted by Gasteiger charge is -2.15. The second-order valence-corrected chi connectivity index (χ2v) is 5.42. The van der Waals surface area contributed by atoms with Crippen molar-refractivity contribution in [2.45, 2.75) is 6.54 Å². The Labute approximate surface area is 151 Å². The fourth-order valence-electron chi connectivity index (χ4n) is 2.18. The fraction of sp³-hybridized carbons (Fsp3) is 0.278. The maximum absolute atomic E-state index is 12.0. The van der Waals surface area contributed by atoms with Gasteiger partial charge in [-0.25, -0.2) is 0 Å². The SMILES string of the molecule is COc1cc(OC)c(OC)cc1CNC(=O)COc1ccccc1Cl. The van der Waals surface area contributed by atoms with Crippen LogP contribution in [0.3, 0.4) is 0 Å². The fourth-order valence-corrected chi connectivity index (χ4v) is 2.37. The second-order valence-electron chi connectivity index (χ2n) is 5.01. The number of hydrogen-bond donors (Lipinski definition) is 1. The third-order valence-corrected chi connectivity index (χ3v) is 3.77. The normalized spacial score (nSPS) is 10.1. The highest BCUT2D eigenvalue weighted by Crippen LogP contribution is 2.34. The first-order valence-electron chi connectivity index (χ1n) is 7.52. The summed E-state index contributed by atoms with van der Waals surface area (Å²) in [5, 5.41) is 3.22. The van der Waals surface area contributed by atoms with Gasteiger partial charge in [0.1, 0.15) is 11.5 Å². The first-order valence-corrected chi connectivity index (χ1v) is 7.89. The average Bonchev–Trinajstić information content (AvgIpc) is 2.64. The minimum absolute atomic E-state index is 0.140. The van der Waals surface area contributed by atoms with Crippen LogP contribution in [0.2, 0.25) is 5.02 Å². The molecule has 1 amide bonds. The lowest BCUT2D eigenvalue weighted by molar-refractivity contribution is -0.123. The molecule has 0 aliphatic rings. The van der Waals surface area contributed by atoms with Crippen molar-refractivity contribution in [1.82, 2.24) is 5.32 Å². The van der Waals surface area contributed by atoms with E-state index >= 15 is 0 Å². The van der Waals surface area contributed by atoms with Gasteiger partial charge in [0, 0.05) is 18.2 Å². The highest BCUT2D eigenvalue weighted by atomic mass is 35.5. The van der Waals surface area contributed by atoms with Gasteiger partial charge in [-0.15, -0.1) is 0 Å². The van der Waals surface area contributed by atoms with Gasteiger partial charge >= 0.3 is 0 Å². The van der Waals surface area contributed by atoms with Crippen molar-refractivity contribution >= 4 is 17.5 Å². The molecule has 1 N–H and O–H groups in total. The smallest absolute Gasteiger partial charge is 0.258 e. The predicted molar refractivity (Wildman–Crippen MR) is 94.9 cm³/mol. The summed E-state index contributed by atoms with van der Waals surface area (Å²) in [4.78, 5) is 12.0. The molecule has 2 aromatic carbocycles. The number of nitrogens with one attached hydrogen (secondary N) is 1. The molecular formula is C18H20ClNO5. The summed E-state index contributed by atoms with van der Waals surface area (Å²) < 4.78 is 21.2. The predicted octanol–water partition coefficient (Wildman–Crippen LogP) is 3.06. The maximum atomic E-state index is 12.0. The molecule has 0 saturated heterocycles. The molecule has 134 valence electrons. The number of amides is 1. The zero-order chi connectivity index (χ0) is 18.2. The van der Waals surface area contributed by atoms with E-state index in [1.54, 1.807) is 57.7 Å². The number of methoxy groups -OCH3 is 3. The zero-order valence-corrected chi connectivity index (χ0v) is 15.1. The Morgan fingerprint density at radius 1 is 0.960 bits per heavy atom. The van der Waals surface area contributed by atoms with E-state index in [0.717, 1.165) is 5.56 Å². The Balaban J connectivity index is 1.98. The van der Waals surface area contributed by atoms with Gasteiger partial charge in [0.25, 0.3) is 5.91 Å². The van der Waals surface area contributed by atoms with Crippen LogP contribution in [0, 0.1) is 0 Å². The molecule has 2 rings (SSSR count). The van der Waals surface area contributed by atoms with Crippen molar-refractivity contribution in [3.63, 3.8) is 0 Å². The topological polar surface area (TPSA) is 66.0 Å². The third-order valence-electron chi connectivity index (χ3n) is 3.46. The van der Waals surface area contributed by atoms with Gasteiger partial charge in [0.2, 0.25) is 0 Å². The van der Waals surface area contributed by atoms with E-state index in [1.165, 1.54) is 0 Å². The van der Waals surface area contributed by atoms with Crippen molar-refractivity contribution in [2.75, 3.05) is 27.9 Å². The summed E-state index contributed by atoms with van der Waals surface area (Å²) >= 11 is 5.98. The number of hydrogen-bond acceptors (Lipinski definition) is 5. The molecule has 2 aromatic rings. The Kier molecular flexibility index (Phi) is 6.77. The first-order chi connectivity index (χ1) is 12.1. The zero-order valence-electron chi connectivity index (χ0n) is 14.3. The molecule has 0 aromatic heterocycles. The highest BCUT2D eigenvalue weighted by Gasteiger charge is 2.13. The van der Waals surface area contributed by atoms with E-state index in [-0.39, 0.29) is 19.1 Å². The molecule has 0 heterocycles. The van der Waals surface area contributed by atoms with Crippen LogP contribution < -0.4 is 24.3 Å². The number of halogens is 1. The van der Waals surface area contributed by atoms with Gasteiger partial charge in [-0.3, -0.25) is 4.79 Å². The molecule has 0 fully saturated rings. The van der Waals surface area contributed by atoms with Crippen LogP contribution in [-0.4, -0.2) is 33.8 Å². The second kappa shape index (κ2) is 9.03. The van der Waals surface area contributed by atoms with E-state index < -0.39 is 0 Å². The highest BCUT2D eigenvalue weighted by molar-refractivity contribution is 6.32. The maximum Gasteiger partial charge on any atom is 0.258 e. The van der Waals surface area contributed by atoms with E-state index in [0.29, 0.717) is 28.0 Å². The molecule has 0 unspecified atom stereocenters. The van der Waals surface area contributed by atoms with Crippen LogP contribution in [0.15, 0.2) is 36.4 Å². The molecule has 0 atom stereocenters. The summed E-state index contributed by atoms with van der Waals surface area (Å²) in [6.07, 6.45) is 0. The molecule has 7 heteroatoms. The number of ether oxygens (including phenoxy) is 4. The molecule has 0 spiro atoms. The molecule has 6 nitrogen and oxygen atoms in total. The van der Waals surface area contributed by atoms with Crippen LogP contribution in [-0.2, 0) is 11.3 Å². The van der Waals surface area contributed by atoms with Crippen LogP contribution in [0.1, 0.15) is 5.56 Å². The van der Waals surface area contributed by atoms with E-state index in [9.17, 15) is 4.79 Å². The Morgan fingerprint density at radius 2 is 1.60 bits per heavy atom. The molecule has 0 saturated carbocycles. The van der Waals surface area contributed by atoms with Crippen molar-refractivity contribution in [3.8, 4) is 23.0 Å². The molecule has 0 aliphatic heterocycles. The first kappa shape index (κ1) is 18.7. The van der Waals surface area contributed by atoms with Crippen LogP contribution in [0.25, 0.3) is 0 Å². The Hall–Kier alpha value is -2.60. The van der Waals surface area contributed by atoms with Crippen molar-refractivity contribution in [2.24, 2.45) is 0 Å². The number of rotatable bonds is 8. The average molecular weight is 366 g/mol. The summed E-state index contributed by atoms with van der Waals surface area (Å²) in [5.74, 6) is 1.88. The van der Waals surface area contributed by atoms with Gasteiger partial charge in [-0.1, -0.05) is 23.7 Å². The van der Waals surface area contributed by atoms with E-state index in [2.05, 4.69) is 5.32 Å². The molecule has 0 radical (unpaired) electrons. The molecule has 25 heavy (non-hydrogen) atoms. The van der Waals surface area contributed by atoms with Crippen molar-refractivity contribution in [1.29, 1.82) is 0 Å². The van der Waals surface area contributed by atoms with E-state index in [1.807, 2.05) is 0 Å². The van der Waals surface area contributed by atoms with Gasteiger partial charge in [0.05, 0.1) is 26.4 Å². The summed E-state index contributed by atoms with van der Waals surface area (Å²) in [6.45, 7) is 0.119. The van der Waals surface area contributed by atoms with Gasteiger partial charge in [-0.2, -0.15) is 0 Å². The summed E-state index contributed by atoms with van der Waals surface area (Å²) in [5.41, 5.74) is 0.756. The molecule has 0 aliphatic carbocycles. The molecular weight excluding hydrogens is 346 g/mol. The Bertz CT molecular complexity index is 735. The van der Waals surface area contributed by atoms with Gasteiger partial charge < -0.3 is 24.3 Å². The van der Waals surface area contributed by atoms with E-state index in [4.69, 9.17) is 30.5 Å². The van der Waals surface area contributed by atoms with Crippen molar-refractivity contribution in [3.05, 3.63) is 47.0 Å². The number of benzene rings is 2. The van der Waals surface area contributed by atoms with Gasteiger partial charge in [0.15, 0.2) is 18.1 Å². The lowest BCUT2D eigenvalue weighted by Crippen LogP contribution is -2.28. The minimum Gasteiger partial charge on any atom is -0.496 e. The lowest BCUT2D eigenvalue weighted by atomic mass is 10.1. The number of carbonyl (C=O) groups excluding carboxylic acids is 1. The van der Waals surface area contributed by atoms with Crippen molar-refractivity contribution < 1.29 is 23.7 Å². The number of carbonyl (C=O) groups is 1. The standard InChI is InChI=1S/C18H20ClNO5/c1-22-15-9-17(24-3)16(23-2)8-12(15)10-20-18(21)11-25-14-7-5-4-6-13(14)19/h4-9H,10-11H2,1-3H3,(H,20,21). The molecule has 0 bridgehead atoms. The quantitative estimate of drug-likeness (QED) is 0.778.